The van der Waals surface area contributed by atoms with Crippen LogP contribution in [0.3, 0.4) is 0 Å². The van der Waals surface area contributed by atoms with Crippen LogP contribution in [0.25, 0.3) is 0 Å². The van der Waals surface area contributed by atoms with Crippen molar-refractivity contribution >= 4 is 8.80 Å². The Kier molecular flexibility index (Phi) is 19.7. The zero-order chi connectivity index (χ0) is 19.3. The molecule has 0 unspecified atom stereocenters. The lowest BCUT2D eigenvalue weighted by Crippen LogP contribution is -2.48. The molecule has 26 heavy (non-hydrogen) atoms. The fraction of sp³-hybridized carbons (Fsp3) is 1.00. The molecule has 0 N–H and O–H groups in total. The van der Waals surface area contributed by atoms with Crippen LogP contribution < -0.4 is 0 Å². The molecule has 0 aliphatic heterocycles. The van der Waals surface area contributed by atoms with E-state index in [1.807, 2.05) is 0 Å². The Morgan fingerprint density at radius 3 is 1.27 bits per heavy atom. The van der Waals surface area contributed by atoms with E-state index in [1.165, 1.54) is 44.9 Å². The average Bonchev–Trinajstić information content (AvgIpc) is 2.64. The van der Waals surface area contributed by atoms with Crippen molar-refractivity contribution in [1.82, 2.24) is 0 Å². The highest BCUT2D eigenvalue weighted by Gasteiger charge is 2.40. The SMILES string of the molecule is CCCCCCCCCC[Si](OCCOC)(OCCOC)OCCOC. The normalized spacial score (nSPS) is 12.0. The van der Waals surface area contributed by atoms with Gasteiger partial charge in [-0.15, -0.1) is 0 Å². The van der Waals surface area contributed by atoms with E-state index in [1.54, 1.807) is 21.3 Å². The first-order chi connectivity index (χ1) is 12.7. The monoisotopic (exact) mass is 394 g/mol. The summed E-state index contributed by atoms with van der Waals surface area (Å²) >= 11 is 0. The molecular weight excluding hydrogens is 352 g/mol. The summed E-state index contributed by atoms with van der Waals surface area (Å²) in [5.74, 6) is 0. The molecule has 0 aliphatic carbocycles. The van der Waals surface area contributed by atoms with E-state index in [0.29, 0.717) is 39.6 Å². The predicted octanol–water partition coefficient (Wildman–Crippen LogP) is 4.06. The molecule has 0 heterocycles. The van der Waals surface area contributed by atoms with Gasteiger partial charge in [-0.25, -0.2) is 0 Å². The van der Waals surface area contributed by atoms with Gasteiger partial charge in [0.1, 0.15) is 0 Å². The van der Waals surface area contributed by atoms with Gasteiger partial charge >= 0.3 is 8.80 Å². The van der Waals surface area contributed by atoms with Crippen molar-refractivity contribution in [3.8, 4) is 0 Å². The van der Waals surface area contributed by atoms with E-state index in [-0.39, 0.29) is 0 Å². The predicted molar refractivity (Wildman–Crippen MR) is 107 cm³/mol. The van der Waals surface area contributed by atoms with Crippen molar-refractivity contribution in [3.63, 3.8) is 0 Å². The number of rotatable bonds is 21. The van der Waals surface area contributed by atoms with Crippen LogP contribution in [0, 0.1) is 0 Å². The first-order valence-corrected chi connectivity index (χ1v) is 12.1. The molecular formula is C19H42O6Si. The molecule has 7 heteroatoms. The van der Waals surface area contributed by atoms with Crippen molar-refractivity contribution in [2.45, 2.75) is 64.3 Å². The smallest absolute Gasteiger partial charge is 0.382 e. The zero-order valence-electron chi connectivity index (χ0n) is 17.6. The maximum Gasteiger partial charge on any atom is 0.501 e. The lowest BCUT2D eigenvalue weighted by atomic mass is 10.1. The largest absolute Gasteiger partial charge is 0.501 e. The number of methoxy groups -OCH3 is 3. The molecule has 0 saturated heterocycles. The minimum atomic E-state index is -2.73. The summed E-state index contributed by atoms with van der Waals surface area (Å²) < 4.78 is 33.6. The van der Waals surface area contributed by atoms with E-state index in [2.05, 4.69) is 6.92 Å². The van der Waals surface area contributed by atoms with Gasteiger partial charge in [0.15, 0.2) is 0 Å². The Hall–Kier alpha value is -0.0231. The van der Waals surface area contributed by atoms with E-state index in [4.69, 9.17) is 27.5 Å². The maximum atomic E-state index is 6.08. The molecule has 0 saturated carbocycles. The van der Waals surface area contributed by atoms with Crippen LogP contribution in [0.2, 0.25) is 6.04 Å². The maximum absolute atomic E-state index is 6.08. The molecule has 0 radical (unpaired) electrons. The first-order valence-electron chi connectivity index (χ1n) is 10.1. The number of hydrogen-bond donors (Lipinski definition) is 0. The lowest BCUT2D eigenvalue weighted by molar-refractivity contribution is 0.0142. The number of unbranched alkanes of at least 4 members (excludes halogenated alkanes) is 7. The Morgan fingerprint density at radius 1 is 0.500 bits per heavy atom. The van der Waals surface area contributed by atoms with E-state index in [9.17, 15) is 0 Å². The van der Waals surface area contributed by atoms with Crippen LogP contribution in [0.1, 0.15) is 58.3 Å². The molecule has 0 aromatic heterocycles. The van der Waals surface area contributed by atoms with Crippen molar-refractivity contribution in [1.29, 1.82) is 0 Å². The number of ether oxygens (including phenoxy) is 3. The summed E-state index contributed by atoms with van der Waals surface area (Å²) in [6.45, 7) is 5.31. The van der Waals surface area contributed by atoms with Gasteiger partial charge in [0.25, 0.3) is 0 Å². The van der Waals surface area contributed by atoms with Crippen LogP contribution in [0.4, 0.5) is 0 Å². The van der Waals surface area contributed by atoms with Gasteiger partial charge in [0.05, 0.1) is 39.6 Å². The average molecular weight is 395 g/mol. The highest BCUT2D eigenvalue weighted by atomic mass is 28.4. The van der Waals surface area contributed by atoms with E-state index in [0.717, 1.165) is 12.5 Å². The molecule has 6 nitrogen and oxygen atoms in total. The highest BCUT2D eigenvalue weighted by molar-refractivity contribution is 6.60. The van der Waals surface area contributed by atoms with Crippen LogP contribution in [-0.2, 0) is 27.5 Å². The highest BCUT2D eigenvalue weighted by Crippen LogP contribution is 2.21. The van der Waals surface area contributed by atoms with E-state index < -0.39 is 8.80 Å². The minimum Gasteiger partial charge on any atom is -0.382 e. The first kappa shape index (κ1) is 26.0. The van der Waals surface area contributed by atoms with Crippen molar-refractivity contribution in [2.24, 2.45) is 0 Å². The molecule has 0 aromatic rings. The van der Waals surface area contributed by atoms with Gasteiger partial charge in [0.2, 0.25) is 0 Å². The third kappa shape index (κ3) is 15.1. The summed E-state index contributed by atoms with van der Waals surface area (Å²) in [6, 6.07) is 0.832. The fourth-order valence-corrected chi connectivity index (χ4v) is 5.21. The van der Waals surface area contributed by atoms with Crippen LogP contribution in [0.15, 0.2) is 0 Å². The van der Waals surface area contributed by atoms with Gasteiger partial charge in [-0.1, -0.05) is 51.9 Å². The van der Waals surface area contributed by atoms with Crippen molar-refractivity contribution < 1.29 is 27.5 Å². The summed E-state index contributed by atoms with van der Waals surface area (Å²) in [4.78, 5) is 0. The standard InChI is InChI=1S/C19H42O6Si/c1-5-6-7-8-9-10-11-12-19-26(23-16-13-20-2,24-17-14-21-3)25-18-15-22-4/h5-19H2,1-4H3. The van der Waals surface area contributed by atoms with Gasteiger partial charge in [0, 0.05) is 27.4 Å². The number of hydrogen-bond acceptors (Lipinski definition) is 6. The van der Waals surface area contributed by atoms with Crippen LogP contribution in [-0.4, -0.2) is 69.8 Å². The van der Waals surface area contributed by atoms with Gasteiger partial charge in [-0.2, -0.15) is 0 Å². The second-order valence-corrected chi connectivity index (χ2v) is 9.16. The third-order valence-electron chi connectivity index (χ3n) is 4.16. The summed E-state index contributed by atoms with van der Waals surface area (Å²) in [6.07, 6.45) is 10.2. The Labute approximate surface area is 162 Å². The van der Waals surface area contributed by atoms with Crippen molar-refractivity contribution in [3.05, 3.63) is 0 Å². The Balaban J connectivity index is 4.38. The molecule has 158 valence electrons. The summed E-state index contributed by atoms with van der Waals surface area (Å²) in [5, 5.41) is 0. The second kappa shape index (κ2) is 19.7. The molecule has 0 aliphatic rings. The van der Waals surface area contributed by atoms with Crippen LogP contribution in [0.5, 0.6) is 0 Å². The zero-order valence-corrected chi connectivity index (χ0v) is 18.6. The summed E-state index contributed by atoms with van der Waals surface area (Å²) in [7, 11) is 2.28. The van der Waals surface area contributed by atoms with Crippen LogP contribution >= 0.6 is 0 Å². The van der Waals surface area contributed by atoms with Gasteiger partial charge in [-0.05, 0) is 6.42 Å². The molecule has 0 amide bonds. The fourth-order valence-electron chi connectivity index (χ4n) is 2.66. The van der Waals surface area contributed by atoms with Gasteiger partial charge < -0.3 is 27.5 Å². The molecule has 0 rings (SSSR count). The minimum absolute atomic E-state index is 0.486. The molecule has 0 atom stereocenters. The summed E-state index contributed by atoms with van der Waals surface area (Å²) in [5.41, 5.74) is 0. The second-order valence-electron chi connectivity index (χ2n) is 6.43. The quantitative estimate of drug-likeness (QED) is 0.216. The lowest BCUT2D eigenvalue weighted by Gasteiger charge is -2.29. The van der Waals surface area contributed by atoms with Crippen molar-refractivity contribution in [2.75, 3.05) is 61.0 Å². The van der Waals surface area contributed by atoms with E-state index >= 15 is 0 Å². The topological polar surface area (TPSA) is 55.4 Å². The molecule has 0 aromatic carbocycles. The third-order valence-corrected chi connectivity index (χ3v) is 7.06. The van der Waals surface area contributed by atoms with Gasteiger partial charge in [-0.3, -0.25) is 0 Å². The molecule has 0 bridgehead atoms. The Bertz CT molecular complexity index is 254. The molecule has 0 fully saturated rings. The molecule has 0 spiro atoms. The Morgan fingerprint density at radius 2 is 0.885 bits per heavy atom.